The van der Waals surface area contributed by atoms with Crippen LogP contribution in [0.4, 0.5) is 4.79 Å². The van der Waals surface area contributed by atoms with Gasteiger partial charge in [-0.3, -0.25) is 0 Å². The van der Waals surface area contributed by atoms with Gasteiger partial charge in [-0.15, -0.1) is 0 Å². The summed E-state index contributed by atoms with van der Waals surface area (Å²) < 4.78 is 5.22. The molecule has 7 heteroatoms. The van der Waals surface area contributed by atoms with Gasteiger partial charge in [-0.25, -0.2) is 9.59 Å². The lowest BCUT2D eigenvalue weighted by molar-refractivity contribution is -0.139. The predicted octanol–water partition coefficient (Wildman–Crippen LogP) is -0.0621. The third-order valence-corrected chi connectivity index (χ3v) is 2.12. The van der Waals surface area contributed by atoms with Gasteiger partial charge in [0.25, 0.3) is 0 Å². The minimum Gasteiger partial charge on any atom is -0.480 e. The SMILES string of the molecule is CCCOCCCNC(=O)N[C@@H](CCO)C(=O)O. The molecule has 0 saturated carbocycles. The molecule has 0 heterocycles. The maximum Gasteiger partial charge on any atom is 0.326 e. The van der Waals surface area contributed by atoms with Gasteiger partial charge in [0.15, 0.2) is 0 Å². The molecule has 0 unspecified atom stereocenters. The zero-order chi connectivity index (χ0) is 13.8. The van der Waals surface area contributed by atoms with Gasteiger partial charge in [-0.1, -0.05) is 6.92 Å². The Labute approximate surface area is 107 Å². The van der Waals surface area contributed by atoms with Crippen LogP contribution in [-0.4, -0.2) is 54.6 Å². The van der Waals surface area contributed by atoms with Crippen molar-refractivity contribution < 1.29 is 24.5 Å². The van der Waals surface area contributed by atoms with Gasteiger partial charge < -0.3 is 25.6 Å². The Kier molecular flexibility index (Phi) is 9.99. The number of nitrogens with one attached hydrogen (secondary N) is 2. The summed E-state index contributed by atoms with van der Waals surface area (Å²) in [4.78, 5) is 22.0. The first-order valence-electron chi connectivity index (χ1n) is 6.07. The second kappa shape index (κ2) is 10.8. The summed E-state index contributed by atoms with van der Waals surface area (Å²) >= 11 is 0. The highest BCUT2D eigenvalue weighted by molar-refractivity contribution is 5.82. The van der Waals surface area contributed by atoms with E-state index >= 15 is 0 Å². The fraction of sp³-hybridized carbons (Fsp3) is 0.818. The molecule has 0 radical (unpaired) electrons. The molecule has 4 N–H and O–H groups in total. The number of aliphatic hydroxyl groups is 1. The van der Waals surface area contributed by atoms with Crippen molar-refractivity contribution in [2.24, 2.45) is 0 Å². The summed E-state index contributed by atoms with van der Waals surface area (Å²) in [6.07, 6.45) is 1.61. The van der Waals surface area contributed by atoms with E-state index in [1.54, 1.807) is 0 Å². The molecular formula is C11H22N2O5. The molecule has 106 valence electrons. The van der Waals surface area contributed by atoms with E-state index in [0.717, 1.165) is 6.42 Å². The minimum atomic E-state index is -1.16. The third-order valence-electron chi connectivity index (χ3n) is 2.12. The number of aliphatic hydroxyl groups excluding tert-OH is 1. The van der Waals surface area contributed by atoms with Gasteiger partial charge in [-0.05, 0) is 12.8 Å². The number of urea groups is 1. The van der Waals surface area contributed by atoms with Crippen molar-refractivity contribution in [3.63, 3.8) is 0 Å². The maximum atomic E-state index is 11.3. The number of amides is 2. The third kappa shape index (κ3) is 8.77. The summed E-state index contributed by atoms with van der Waals surface area (Å²) in [5, 5.41) is 22.2. The van der Waals surface area contributed by atoms with Crippen molar-refractivity contribution in [1.29, 1.82) is 0 Å². The first-order valence-corrected chi connectivity index (χ1v) is 6.07. The molecule has 0 spiro atoms. The minimum absolute atomic E-state index is 0.0115. The fourth-order valence-corrected chi connectivity index (χ4v) is 1.22. The van der Waals surface area contributed by atoms with Crippen LogP contribution in [0.3, 0.4) is 0 Å². The number of hydrogen-bond acceptors (Lipinski definition) is 4. The highest BCUT2D eigenvalue weighted by Crippen LogP contribution is 1.91. The van der Waals surface area contributed by atoms with E-state index in [0.29, 0.717) is 26.2 Å². The second-order valence-corrected chi connectivity index (χ2v) is 3.77. The van der Waals surface area contributed by atoms with E-state index in [2.05, 4.69) is 10.6 Å². The summed E-state index contributed by atoms with van der Waals surface area (Å²) in [7, 11) is 0. The molecule has 0 aromatic carbocycles. The van der Waals surface area contributed by atoms with E-state index in [1.807, 2.05) is 6.92 Å². The predicted molar refractivity (Wildman–Crippen MR) is 65.4 cm³/mol. The number of aliphatic carboxylic acids is 1. The molecule has 7 nitrogen and oxygen atoms in total. The molecule has 0 rings (SSSR count). The van der Waals surface area contributed by atoms with E-state index < -0.39 is 18.0 Å². The van der Waals surface area contributed by atoms with Crippen LogP contribution in [0.5, 0.6) is 0 Å². The van der Waals surface area contributed by atoms with Gasteiger partial charge in [0.1, 0.15) is 6.04 Å². The average molecular weight is 262 g/mol. The average Bonchev–Trinajstić information content (AvgIpc) is 2.33. The molecular weight excluding hydrogens is 240 g/mol. The number of carboxylic acid groups (broad SMARTS) is 1. The van der Waals surface area contributed by atoms with Crippen LogP contribution in [0.2, 0.25) is 0 Å². The molecule has 0 bridgehead atoms. The number of carbonyl (C=O) groups is 2. The highest BCUT2D eigenvalue weighted by atomic mass is 16.5. The monoisotopic (exact) mass is 262 g/mol. The molecule has 0 aliphatic carbocycles. The molecule has 0 aromatic rings. The summed E-state index contributed by atoms with van der Waals surface area (Å²) in [6.45, 7) is 3.40. The molecule has 18 heavy (non-hydrogen) atoms. The quantitative estimate of drug-likeness (QED) is 0.412. The van der Waals surface area contributed by atoms with Crippen LogP contribution in [0.25, 0.3) is 0 Å². The zero-order valence-corrected chi connectivity index (χ0v) is 10.6. The van der Waals surface area contributed by atoms with Crippen molar-refractivity contribution in [3.8, 4) is 0 Å². The molecule has 0 aromatic heterocycles. The first kappa shape index (κ1) is 16.7. The number of ether oxygens (including phenoxy) is 1. The largest absolute Gasteiger partial charge is 0.480 e. The van der Waals surface area contributed by atoms with Gasteiger partial charge in [0.05, 0.1) is 0 Å². The van der Waals surface area contributed by atoms with E-state index in [-0.39, 0.29) is 13.0 Å². The van der Waals surface area contributed by atoms with Gasteiger partial charge >= 0.3 is 12.0 Å². The lowest BCUT2D eigenvalue weighted by Gasteiger charge is -2.13. The van der Waals surface area contributed by atoms with Gasteiger partial charge in [0.2, 0.25) is 0 Å². The molecule has 1 atom stereocenters. The van der Waals surface area contributed by atoms with Gasteiger partial charge in [0, 0.05) is 32.8 Å². The second-order valence-electron chi connectivity index (χ2n) is 3.77. The molecule has 0 fully saturated rings. The lowest BCUT2D eigenvalue weighted by Crippen LogP contribution is -2.46. The molecule has 0 saturated heterocycles. The van der Waals surface area contributed by atoms with E-state index in [4.69, 9.17) is 14.9 Å². The highest BCUT2D eigenvalue weighted by Gasteiger charge is 2.18. The van der Waals surface area contributed by atoms with Crippen molar-refractivity contribution in [2.45, 2.75) is 32.2 Å². The van der Waals surface area contributed by atoms with Crippen LogP contribution < -0.4 is 10.6 Å². The normalized spacial score (nSPS) is 11.9. The van der Waals surface area contributed by atoms with E-state index in [1.165, 1.54) is 0 Å². The molecule has 2 amide bonds. The summed E-state index contributed by atoms with van der Waals surface area (Å²) in [5.41, 5.74) is 0. The van der Waals surface area contributed by atoms with Crippen LogP contribution in [0.15, 0.2) is 0 Å². The van der Waals surface area contributed by atoms with E-state index in [9.17, 15) is 9.59 Å². The van der Waals surface area contributed by atoms with Crippen molar-refractivity contribution in [3.05, 3.63) is 0 Å². The van der Waals surface area contributed by atoms with Crippen molar-refractivity contribution in [1.82, 2.24) is 10.6 Å². The van der Waals surface area contributed by atoms with Crippen LogP contribution in [-0.2, 0) is 9.53 Å². The number of carboxylic acids is 1. The number of rotatable bonds is 10. The molecule has 0 aliphatic rings. The Hall–Kier alpha value is -1.34. The summed E-state index contributed by atoms with van der Waals surface area (Å²) in [6, 6.07) is -1.61. The van der Waals surface area contributed by atoms with Crippen LogP contribution in [0, 0.1) is 0 Å². The maximum absolute atomic E-state index is 11.3. The van der Waals surface area contributed by atoms with Gasteiger partial charge in [-0.2, -0.15) is 0 Å². The Morgan fingerprint density at radius 2 is 2.06 bits per heavy atom. The standard InChI is InChI=1S/C11H22N2O5/c1-2-7-18-8-3-5-12-11(17)13-9(4-6-14)10(15)16/h9,14H,2-8H2,1H3,(H,15,16)(H2,12,13,17)/t9-/m0/s1. The lowest BCUT2D eigenvalue weighted by atomic mass is 10.2. The van der Waals surface area contributed by atoms with Crippen LogP contribution >= 0.6 is 0 Å². The number of carbonyl (C=O) groups excluding carboxylic acids is 1. The smallest absolute Gasteiger partial charge is 0.326 e. The zero-order valence-electron chi connectivity index (χ0n) is 10.6. The van der Waals surface area contributed by atoms with Crippen LogP contribution in [0.1, 0.15) is 26.2 Å². The Balaban J connectivity index is 3.65. The fourth-order valence-electron chi connectivity index (χ4n) is 1.22. The topological polar surface area (TPSA) is 108 Å². The Morgan fingerprint density at radius 1 is 1.33 bits per heavy atom. The Bertz CT molecular complexity index is 248. The Morgan fingerprint density at radius 3 is 2.61 bits per heavy atom. The van der Waals surface area contributed by atoms with Crippen molar-refractivity contribution >= 4 is 12.0 Å². The number of hydrogen-bond donors (Lipinski definition) is 4. The summed E-state index contributed by atoms with van der Waals surface area (Å²) in [5.74, 6) is -1.16. The van der Waals surface area contributed by atoms with Crippen molar-refractivity contribution in [2.75, 3.05) is 26.4 Å². The first-order chi connectivity index (χ1) is 8.61. The molecule has 0 aliphatic heterocycles.